The minimum atomic E-state index is -0.478. The van der Waals surface area contributed by atoms with Gasteiger partial charge in [-0.1, -0.05) is 65.1 Å². The molecule has 4 aromatic rings. The fourth-order valence-corrected chi connectivity index (χ4v) is 8.66. The molecule has 0 unspecified atom stereocenters. The zero-order chi connectivity index (χ0) is 40.8. The van der Waals surface area contributed by atoms with Gasteiger partial charge in [0.25, 0.3) is 0 Å². The van der Waals surface area contributed by atoms with Gasteiger partial charge in [-0.25, -0.2) is 0 Å². The fourth-order valence-electron chi connectivity index (χ4n) is 7.77. The molecule has 3 atom stereocenters. The van der Waals surface area contributed by atoms with Gasteiger partial charge < -0.3 is 11.1 Å². The molecule has 3 aliphatic heterocycles. The molecule has 1 fully saturated rings. The van der Waals surface area contributed by atoms with Gasteiger partial charge in [-0.3, -0.25) is 24.6 Å². The van der Waals surface area contributed by atoms with Crippen molar-refractivity contribution in [1.82, 2.24) is 5.32 Å². The Morgan fingerprint density at radius 2 is 1.32 bits per heavy atom. The van der Waals surface area contributed by atoms with E-state index in [2.05, 4.69) is 38.5 Å². The number of hydrogen-bond donors (Lipinski definition) is 2. The van der Waals surface area contributed by atoms with Gasteiger partial charge in [-0.05, 0) is 112 Å². The van der Waals surface area contributed by atoms with E-state index < -0.39 is 6.04 Å². The number of ketones is 1. The molecular weight excluding hydrogens is 775 g/mol. The van der Waals surface area contributed by atoms with Gasteiger partial charge >= 0.3 is 0 Å². The minimum absolute atomic E-state index is 0.00432. The van der Waals surface area contributed by atoms with Gasteiger partial charge in [0.2, 0.25) is 5.91 Å². The van der Waals surface area contributed by atoms with E-state index in [1.807, 2.05) is 63.2 Å². The number of rotatable bonds is 8. The van der Waals surface area contributed by atoms with Crippen molar-refractivity contribution < 1.29 is 9.59 Å². The lowest BCUT2D eigenvalue weighted by Gasteiger charge is -2.17. The van der Waals surface area contributed by atoms with Crippen LogP contribution in [-0.4, -0.2) is 34.9 Å². The summed E-state index contributed by atoms with van der Waals surface area (Å²) in [6.45, 7) is 8.27. The van der Waals surface area contributed by atoms with Gasteiger partial charge in [0.05, 0.1) is 34.7 Å². The van der Waals surface area contributed by atoms with Crippen LogP contribution >= 0.6 is 34.8 Å². The number of carbonyl (C=O) groups is 2. The highest BCUT2D eigenvalue weighted by Crippen LogP contribution is 2.39. The molecule has 0 aromatic heterocycles. The number of nitrogens with zero attached hydrogens (tertiary/aromatic N) is 4. The molecule has 1 saturated carbocycles. The van der Waals surface area contributed by atoms with E-state index in [1.54, 1.807) is 19.1 Å². The second-order valence-corrected chi connectivity index (χ2v) is 16.5. The first-order chi connectivity index (χ1) is 27.3. The largest absolute Gasteiger partial charge is 0.346 e. The molecule has 8 nitrogen and oxygen atoms in total. The SMILES string of the molecule is CC1=Nc2cc(C#N)cc(Cl)c2C1.CC1=Nc2cc(CCC(=O)[C@H](C)NC(=O)[C@@H]3CC[C@@H](c4ccccc4)C3)cc(Cl)c2C1.CC1=Nc2cc(CN)cc(Cl)c2C1. The van der Waals surface area contributed by atoms with Crippen LogP contribution in [0.25, 0.3) is 0 Å². The molecule has 8 rings (SSSR count). The Labute approximate surface area is 350 Å². The van der Waals surface area contributed by atoms with Crippen LogP contribution in [0.4, 0.5) is 17.1 Å². The smallest absolute Gasteiger partial charge is 0.223 e. The van der Waals surface area contributed by atoms with Gasteiger partial charge in [0, 0.05) is 87.0 Å². The number of nitrogens with one attached hydrogen (secondary N) is 1. The number of aryl methyl sites for hydroxylation is 1. The lowest BCUT2D eigenvalue weighted by atomic mass is 9.96. The van der Waals surface area contributed by atoms with Crippen LogP contribution in [0.2, 0.25) is 15.1 Å². The first-order valence-corrected chi connectivity index (χ1v) is 20.5. The highest BCUT2D eigenvalue weighted by Gasteiger charge is 2.32. The molecule has 11 heteroatoms. The van der Waals surface area contributed by atoms with Crippen LogP contribution in [0.15, 0.2) is 81.7 Å². The van der Waals surface area contributed by atoms with Crippen LogP contribution in [0.3, 0.4) is 0 Å². The number of nitriles is 1. The van der Waals surface area contributed by atoms with Crippen molar-refractivity contribution in [3.05, 3.63) is 121 Å². The average molecular weight is 822 g/mol. The van der Waals surface area contributed by atoms with Crippen LogP contribution in [0.1, 0.15) is 98.2 Å². The summed E-state index contributed by atoms with van der Waals surface area (Å²) in [6.07, 6.45) is 6.19. The van der Waals surface area contributed by atoms with Crippen LogP contribution in [-0.2, 0) is 41.8 Å². The summed E-state index contributed by atoms with van der Waals surface area (Å²) >= 11 is 18.5. The average Bonchev–Trinajstić information content (AvgIpc) is 4.00. The number of Topliss-reactive ketones (excluding diaryl/α,β-unsaturated/α-hetero) is 1. The quantitative estimate of drug-likeness (QED) is 0.183. The third kappa shape index (κ3) is 10.5. The van der Waals surface area contributed by atoms with Crippen molar-refractivity contribution >= 4 is 80.7 Å². The Kier molecular flexibility index (Phi) is 13.8. The topological polar surface area (TPSA) is 133 Å². The van der Waals surface area contributed by atoms with E-state index in [1.165, 1.54) is 5.56 Å². The molecule has 0 spiro atoms. The van der Waals surface area contributed by atoms with E-state index in [-0.39, 0.29) is 17.6 Å². The second-order valence-electron chi connectivity index (χ2n) is 15.3. The number of hydrogen-bond acceptors (Lipinski definition) is 7. The summed E-state index contributed by atoms with van der Waals surface area (Å²) in [5.74, 6) is 0.461. The summed E-state index contributed by atoms with van der Waals surface area (Å²) in [5.41, 5.74) is 18.7. The monoisotopic (exact) mass is 820 g/mol. The summed E-state index contributed by atoms with van der Waals surface area (Å²) in [6, 6.07) is 23.3. The van der Waals surface area contributed by atoms with Gasteiger partial charge in [-0.2, -0.15) is 5.26 Å². The molecule has 4 aromatic carbocycles. The first-order valence-electron chi connectivity index (χ1n) is 19.4. The summed E-state index contributed by atoms with van der Waals surface area (Å²) in [7, 11) is 0. The first kappa shape index (κ1) is 42.0. The van der Waals surface area contributed by atoms with Crippen LogP contribution < -0.4 is 11.1 Å². The number of benzene rings is 4. The molecule has 0 bridgehead atoms. The van der Waals surface area contributed by atoms with E-state index in [4.69, 9.17) is 45.8 Å². The molecule has 1 aliphatic carbocycles. The van der Waals surface area contributed by atoms with Crippen molar-refractivity contribution in [3.8, 4) is 6.07 Å². The van der Waals surface area contributed by atoms with Crippen molar-refractivity contribution in [2.75, 3.05) is 0 Å². The standard InChI is InChI=1S/C26H29ClN2O2.C10H11ClN2.C10H7ClN2/c1-16-12-22-23(27)13-18(14-24(22)28-16)8-11-25(30)17(2)29-26(31)21-10-9-20(15-21)19-6-4-3-5-7-19;2*1-6-2-8-9(11)3-7(5-12)4-10(8)13-6/h3-7,13-14,17,20-21H,8-12,15H2,1-2H3,(H,29,31);3-4H,2,5,12H2,1H3;3-4H,2H2,1H3/t17-,20+,21+;;/m0../s1. The highest BCUT2D eigenvalue weighted by molar-refractivity contribution is 6.33. The lowest BCUT2D eigenvalue weighted by molar-refractivity contribution is -0.129. The second kappa shape index (κ2) is 18.7. The highest BCUT2D eigenvalue weighted by atomic mass is 35.5. The van der Waals surface area contributed by atoms with Crippen molar-refractivity contribution in [2.45, 2.75) is 97.6 Å². The number of nitrogens with two attached hydrogens (primary N) is 1. The lowest BCUT2D eigenvalue weighted by Crippen LogP contribution is -2.41. The Morgan fingerprint density at radius 3 is 1.88 bits per heavy atom. The normalized spacial score (nSPS) is 17.6. The molecule has 3 N–H and O–H groups in total. The molecule has 3 heterocycles. The molecule has 1 amide bonds. The Bertz CT molecular complexity index is 2330. The fraction of sp³-hybridized carbons (Fsp3) is 0.348. The number of carbonyl (C=O) groups excluding carboxylic acids is 2. The van der Waals surface area contributed by atoms with Crippen LogP contribution in [0, 0.1) is 17.2 Å². The van der Waals surface area contributed by atoms with Gasteiger partial charge in [-0.15, -0.1) is 0 Å². The van der Waals surface area contributed by atoms with Crippen LogP contribution in [0.5, 0.6) is 0 Å². The summed E-state index contributed by atoms with van der Waals surface area (Å²) in [5, 5.41) is 13.8. The van der Waals surface area contributed by atoms with Gasteiger partial charge in [0.15, 0.2) is 5.78 Å². The van der Waals surface area contributed by atoms with Gasteiger partial charge in [0.1, 0.15) is 0 Å². The summed E-state index contributed by atoms with van der Waals surface area (Å²) in [4.78, 5) is 38.6. The van der Waals surface area contributed by atoms with E-state index in [0.717, 1.165) is 111 Å². The zero-order valence-electron chi connectivity index (χ0n) is 32.8. The minimum Gasteiger partial charge on any atom is -0.346 e. The predicted octanol–water partition coefficient (Wildman–Crippen LogP) is 10.9. The number of aliphatic imine (C=N–C) groups is 3. The summed E-state index contributed by atoms with van der Waals surface area (Å²) < 4.78 is 0. The third-order valence-corrected chi connectivity index (χ3v) is 11.8. The zero-order valence-corrected chi connectivity index (χ0v) is 35.0. The van der Waals surface area contributed by atoms with E-state index in [0.29, 0.717) is 35.9 Å². The Balaban J connectivity index is 0.000000172. The number of fused-ring (bicyclic) bond motifs is 3. The molecule has 4 aliphatic rings. The maximum Gasteiger partial charge on any atom is 0.223 e. The Hall–Kier alpha value is -4.65. The molecular formula is C46H47Cl3N6O2. The van der Waals surface area contributed by atoms with E-state index >= 15 is 0 Å². The van der Waals surface area contributed by atoms with Crippen molar-refractivity contribution in [3.63, 3.8) is 0 Å². The molecule has 0 radical (unpaired) electrons. The Morgan fingerprint density at radius 1 is 0.789 bits per heavy atom. The maximum absolute atomic E-state index is 12.7. The number of halogens is 3. The number of amides is 1. The van der Waals surface area contributed by atoms with E-state index in [9.17, 15) is 9.59 Å². The molecule has 0 saturated heterocycles. The maximum atomic E-state index is 12.7. The van der Waals surface area contributed by atoms with Crippen molar-refractivity contribution in [2.24, 2.45) is 26.6 Å². The predicted molar refractivity (Wildman–Crippen MR) is 234 cm³/mol. The third-order valence-electron chi connectivity index (χ3n) is 10.8. The molecule has 294 valence electrons. The van der Waals surface area contributed by atoms with Crippen molar-refractivity contribution in [1.29, 1.82) is 5.26 Å². The molecule has 57 heavy (non-hydrogen) atoms.